The largest absolute Gasteiger partial charge is 0.358 e. The molecular formula is C7H5NO3S. The molecule has 1 aromatic rings. The van der Waals surface area contributed by atoms with Crippen LogP contribution in [-0.4, -0.2) is 14.6 Å². The summed E-state index contributed by atoms with van der Waals surface area (Å²) in [6.45, 7) is 0. The molecule has 5 heteroatoms. The molecule has 4 nitrogen and oxygen atoms in total. The Morgan fingerprint density at radius 3 is 2.50 bits per heavy atom. The van der Waals surface area contributed by atoms with Crippen LogP contribution in [0.15, 0.2) is 34.3 Å². The van der Waals surface area contributed by atoms with E-state index in [1.165, 1.54) is 18.3 Å². The van der Waals surface area contributed by atoms with Crippen LogP contribution in [0.5, 0.6) is 0 Å². The smallest absolute Gasteiger partial charge is 0.265 e. The highest BCUT2D eigenvalue weighted by molar-refractivity contribution is 7.86. The molecule has 62 valence electrons. The predicted octanol–water partition coefficient (Wildman–Crippen LogP) is 0.739. The fourth-order valence-electron chi connectivity index (χ4n) is 0.903. The summed E-state index contributed by atoms with van der Waals surface area (Å²) in [7, 11) is -3.66. The Kier molecular flexibility index (Phi) is 1.41. The van der Waals surface area contributed by atoms with Crippen LogP contribution in [0, 0.1) is 0 Å². The molecule has 3 rings (SSSR count). The van der Waals surface area contributed by atoms with Gasteiger partial charge in [-0.05, 0) is 17.7 Å². The Morgan fingerprint density at radius 1 is 1.17 bits per heavy atom. The summed E-state index contributed by atoms with van der Waals surface area (Å²) in [5, 5.41) is 3.29. The molecule has 2 aliphatic heterocycles. The van der Waals surface area contributed by atoms with E-state index in [2.05, 4.69) is 9.44 Å². The number of benzene rings is 1. The van der Waals surface area contributed by atoms with Gasteiger partial charge in [0, 0.05) is 0 Å². The monoisotopic (exact) mass is 183 g/mol. The molecular weight excluding hydrogens is 178 g/mol. The maximum absolute atomic E-state index is 11.1. The van der Waals surface area contributed by atoms with E-state index in [0.29, 0.717) is 0 Å². The number of hydrogen-bond donors (Lipinski definition) is 0. The first-order chi connectivity index (χ1) is 5.68. The first kappa shape index (κ1) is 7.30. The fraction of sp³-hybridized carbons (Fsp3) is 0. The standard InChI is InChI=1S/C7H5NO3S/c9-12(10)7-3-1-6(2-4-7)5-8-11-12/h1-5H/b8-5-. The lowest BCUT2D eigenvalue weighted by atomic mass is 10.2. The van der Waals surface area contributed by atoms with Gasteiger partial charge in [-0.15, -0.1) is 0 Å². The third-order valence-electron chi connectivity index (χ3n) is 1.51. The van der Waals surface area contributed by atoms with Crippen molar-refractivity contribution in [2.24, 2.45) is 5.16 Å². The van der Waals surface area contributed by atoms with Gasteiger partial charge in [0.1, 0.15) is 4.90 Å². The van der Waals surface area contributed by atoms with Crippen LogP contribution < -0.4 is 0 Å². The summed E-state index contributed by atoms with van der Waals surface area (Å²) >= 11 is 0. The van der Waals surface area contributed by atoms with E-state index in [1.54, 1.807) is 12.1 Å². The Morgan fingerprint density at radius 2 is 1.83 bits per heavy atom. The SMILES string of the molecule is O=S1(=O)O/N=C\c2ccc1cc2. The number of rotatable bonds is 0. The van der Waals surface area contributed by atoms with Crippen LogP contribution >= 0.6 is 0 Å². The van der Waals surface area contributed by atoms with Crippen molar-refractivity contribution in [2.75, 3.05) is 0 Å². The van der Waals surface area contributed by atoms with Crippen LogP contribution in [-0.2, 0) is 14.4 Å². The maximum atomic E-state index is 11.1. The van der Waals surface area contributed by atoms with Gasteiger partial charge < -0.3 is 0 Å². The van der Waals surface area contributed by atoms with Gasteiger partial charge in [0.25, 0.3) is 0 Å². The molecule has 0 saturated heterocycles. The zero-order valence-corrected chi connectivity index (χ0v) is 6.78. The molecule has 0 N–H and O–H groups in total. The minimum absolute atomic E-state index is 0.128. The third kappa shape index (κ3) is 1.08. The Balaban J connectivity index is 2.74. The van der Waals surface area contributed by atoms with Crippen LogP contribution in [0.4, 0.5) is 0 Å². The summed E-state index contributed by atoms with van der Waals surface area (Å²) in [6, 6.07) is 6.30. The number of oxime groups is 1. The van der Waals surface area contributed by atoms with Crippen LogP contribution in [0.3, 0.4) is 0 Å². The predicted molar refractivity (Wildman–Crippen MR) is 42.3 cm³/mol. The molecule has 2 bridgehead atoms. The molecule has 2 aliphatic rings. The van der Waals surface area contributed by atoms with Crippen molar-refractivity contribution in [1.29, 1.82) is 0 Å². The zero-order valence-electron chi connectivity index (χ0n) is 5.97. The molecule has 0 radical (unpaired) electrons. The maximum Gasteiger partial charge on any atom is 0.358 e. The first-order valence-corrected chi connectivity index (χ1v) is 4.66. The molecule has 0 aliphatic carbocycles. The lowest BCUT2D eigenvalue weighted by Gasteiger charge is -2.04. The van der Waals surface area contributed by atoms with E-state index in [4.69, 9.17) is 0 Å². The van der Waals surface area contributed by atoms with Gasteiger partial charge in [0.2, 0.25) is 0 Å². The number of hydrogen-bond acceptors (Lipinski definition) is 4. The minimum Gasteiger partial charge on any atom is -0.265 e. The highest BCUT2D eigenvalue weighted by Crippen LogP contribution is 2.15. The molecule has 0 atom stereocenters. The van der Waals surface area contributed by atoms with Crippen LogP contribution in [0.1, 0.15) is 5.56 Å². The second-order valence-electron chi connectivity index (χ2n) is 2.33. The average molecular weight is 183 g/mol. The van der Waals surface area contributed by atoms with Crippen molar-refractivity contribution in [3.63, 3.8) is 0 Å². The first-order valence-electron chi connectivity index (χ1n) is 3.25. The van der Waals surface area contributed by atoms with Crippen LogP contribution in [0.25, 0.3) is 0 Å². The van der Waals surface area contributed by atoms with Gasteiger partial charge in [-0.1, -0.05) is 17.3 Å². The Labute approximate surface area is 69.6 Å². The molecule has 0 saturated carbocycles. The van der Waals surface area contributed by atoms with Gasteiger partial charge >= 0.3 is 10.1 Å². The summed E-state index contributed by atoms with van der Waals surface area (Å²) < 4.78 is 26.5. The highest BCUT2D eigenvalue weighted by atomic mass is 32.2. The van der Waals surface area contributed by atoms with Gasteiger partial charge in [0.05, 0.1) is 6.21 Å². The molecule has 0 fully saturated rings. The highest BCUT2D eigenvalue weighted by Gasteiger charge is 2.16. The molecule has 12 heavy (non-hydrogen) atoms. The normalized spacial score (nSPS) is 20.7. The summed E-state index contributed by atoms with van der Waals surface area (Å²) in [5.74, 6) is 0. The molecule has 0 unspecified atom stereocenters. The summed E-state index contributed by atoms with van der Waals surface area (Å²) in [4.78, 5) is 0.128. The molecule has 0 spiro atoms. The summed E-state index contributed by atoms with van der Waals surface area (Å²) in [5.41, 5.74) is 0.814. The van der Waals surface area contributed by atoms with E-state index in [0.717, 1.165) is 5.56 Å². The van der Waals surface area contributed by atoms with Gasteiger partial charge in [0.15, 0.2) is 0 Å². The zero-order chi connectivity index (χ0) is 8.60. The molecule has 0 aromatic heterocycles. The van der Waals surface area contributed by atoms with Gasteiger partial charge in [-0.2, -0.15) is 8.42 Å². The Bertz CT molecular complexity index is 418. The molecule has 2 heterocycles. The second-order valence-corrected chi connectivity index (χ2v) is 3.86. The number of fused-ring (bicyclic) bond motifs is 4. The van der Waals surface area contributed by atoms with E-state index in [9.17, 15) is 8.42 Å². The number of nitrogens with zero attached hydrogens (tertiary/aromatic N) is 1. The lowest BCUT2D eigenvalue weighted by Crippen LogP contribution is -2.04. The third-order valence-corrected chi connectivity index (χ3v) is 2.64. The minimum atomic E-state index is -3.66. The van der Waals surface area contributed by atoms with Crippen molar-refractivity contribution < 1.29 is 12.7 Å². The van der Waals surface area contributed by atoms with E-state index >= 15 is 0 Å². The van der Waals surface area contributed by atoms with E-state index in [1.807, 2.05) is 0 Å². The van der Waals surface area contributed by atoms with Crippen molar-refractivity contribution in [3.05, 3.63) is 29.8 Å². The van der Waals surface area contributed by atoms with Gasteiger partial charge in [-0.3, -0.25) is 4.28 Å². The fourth-order valence-corrected chi connectivity index (χ4v) is 1.61. The van der Waals surface area contributed by atoms with Crippen molar-refractivity contribution in [2.45, 2.75) is 4.90 Å². The molecule has 1 aromatic carbocycles. The summed E-state index contributed by atoms with van der Waals surface area (Å²) in [6.07, 6.45) is 1.35. The topological polar surface area (TPSA) is 55.7 Å². The van der Waals surface area contributed by atoms with Crippen molar-refractivity contribution in [3.8, 4) is 0 Å². The van der Waals surface area contributed by atoms with Crippen LogP contribution in [0.2, 0.25) is 0 Å². The van der Waals surface area contributed by atoms with Gasteiger partial charge in [-0.25, -0.2) is 0 Å². The quantitative estimate of drug-likeness (QED) is 0.596. The lowest BCUT2D eigenvalue weighted by molar-refractivity contribution is 0.340. The van der Waals surface area contributed by atoms with E-state index < -0.39 is 10.1 Å². The average Bonchev–Trinajstić information content (AvgIpc) is 2.02. The molecule has 0 amide bonds. The van der Waals surface area contributed by atoms with E-state index in [-0.39, 0.29) is 4.90 Å². The Hall–Kier alpha value is -1.36. The van der Waals surface area contributed by atoms with Crippen molar-refractivity contribution in [1.82, 2.24) is 0 Å². The second kappa shape index (κ2) is 2.31. The van der Waals surface area contributed by atoms with Crippen molar-refractivity contribution >= 4 is 16.3 Å².